The molecular weight excluding hydrogens is 262 g/mol. The summed E-state index contributed by atoms with van der Waals surface area (Å²) < 4.78 is 5.47. The van der Waals surface area contributed by atoms with Crippen LogP contribution in [0, 0.1) is 0 Å². The first-order valence-electron chi connectivity index (χ1n) is 6.95. The summed E-state index contributed by atoms with van der Waals surface area (Å²) in [7, 11) is 0. The summed E-state index contributed by atoms with van der Waals surface area (Å²) in [5.74, 6) is 0.707. The largest absolute Gasteiger partial charge is 0.485 e. The predicted molar refractivity (Wildman–Crippen MR) is 86.5 cm³/mol. The Hall–Kier alpha value is -2.55. The lowest BCUT2D eigenvalue weighted by Crippen LogP contribution is -2.04. The van der Waals surface area contributed by atoms with Crippen LogP contribution in [-0.4, -0.2) is 12.9 Å². The van der Waals surface area contributed by atoms with Gasteiger partial charge in [-0.05, 0) is 24.6 Å². The highest BCUT2D eigenvalue weighted by atomic mass is 16.5. The van der Waals surface area contributed by atoms with E-state index in [2.05, 4.69) is 17.4 Å². The van der Waals surface area contributed by atoms with Crippen LogP contribution in [0.2, 0.25) is 0 Å². The van der Waals surface area contributed by atoms with Gasteiger partial charge in [0.05, 0.1) is 0 Å². The lowest BCUT2D eigenvalue weighted by Gasteiger charge is -2.14. The molecule has 0 saturated heterocycles. The summed E-state index contributed by atoms with van der Waals surface area (Å²) in [6, 6.07) is 16.0. The van der Waals surface area contributed by atoms with Gasteiger partial charge in [-0.1, -0.05) is 48.6 Å². The Morgan fingerprint density at radius 3 is 2.62 bits per heavy atom. The van der Waals surface area contributed by atoms with E-state index in [1.807, 2.05) is 55.5 Å². The quantitative estimate of drug-likeness (QED) is 0.782. The van der Waals surface area contributed by atoms with Crippen LogP contribution >= 0.6 is 0 Å². The Labute approximate surface area is 125 Å². The molecule has 21 heavy (non-hydrogen) atoms. The maximum Gasteiger partial charge on any atom is 0.157 e. The molecule has 0 aromatic heterocycles. The van der Waals surface area contributed by atoms with Gasteiger partial charge in [0.1, 0.15) is 12.4 Å². The van der Waals surface area contributed by atoms with Gasteiger partial charge in [-0.2, -0.15) is 0 Å². The van der Waals surface area contributed by atoms with Crippen LogP contribution in [0.4, 0.5) is 5.69 Å². The van der Waals surface area contributed by atoms with Gasteiger partial charge < -0.3 is 10.1 Å². The van der Waals surface area contributed by atoms with Crippen molar-refractivity contribution in [2.45, 2.75) is 13.5 Å². The van der Waals surface area contributed by atoms with E-state index in [4.69, 9.17) is 4.74 Å². The van der Waals surface area contributed by atoms with Crippen molar-refractivity contribution in [3.63, 3.8) is 0 Å². The molecule has 0 saturated carbocycles. The lowest BCUT2D eigenvalue weighted by molar-refractivity contribution is -0.109. The molecule has 0 radical (unpaired) electrons. The van der Waals surface area contributed by atoms with Crippen LogP contribution < -0.4 is 10.1 Å². The Morgan fingerprint density at radius 1 is 1.10 bits per heavy atom. The smallest absolute Gasteiger partial charge is 0.157 e. The van der Waals surface area contributed by atoms with Crippen molar-refractivity contribution in [2.75, 3.05) is 11.9 Å². The number of rotatable bonds is 7. The van der Waals surface area contributed by atoms with E-state index in [0.717, 1.165) is 24.1 Å². The Kier molecular flexibility index (Phi) is 5.59. The monoisotopic (exact) mass is 281 g/mol. The van der Waals surface area contributed by atoms with Gasteiger partial charge >= 0.3 is 0 Å². The lowest BCUT2D eigenvalue weighted by atomic mass is 10.1. The molecule has 1 N–H and O–H groups in total. The second kappa shape index (κ2) is 7.90. The first-order valence-corrected chi connectivity index (χ1v) is 6.95. The van der Waals surface area contributed by atoms with Crippen molar-refractivity contribution in [3.05, 3.63) is 65.7 Å². The number of anilines is 1. The summed E-state index contributed by atoms with van der Waals surface area (Å²) in [5.41, 5.74) is 3.15. The predicted octanol–water partition coefficient (Wildman–Crippen LogP) is 3.91. The molecule has 108 valence electrons. The second-order valence-corrected chi connectivity index (χ2v) is 4.53. The third-order valence-electron chi connectivity index (χ3n) is 3.03. The van der Waals surface area contributed by atoms with Gasteiger partial charge in [0.2, 0.25) is 0 Å². The van der Waals surface area contributed by atoms with Crippen molar-refractivity contribution in [1.82, 2.24) is 0 Å². The molecule has 0 aliphatic rings. The number of aldehydes is 1. The molecule has 0 heterocycles. The maximum atomic E-state index is 10.5. The molecule has 3 heteroatoms. The van der Waals surface area contributed by atoms with E-state index in [1.165, 1.54) is 5.56 Å². The minimum atomic E-state index is 0.0622. The van der Waals surface area contributed by atoms with Gasteiger partial charge in [-0.25, -0.2) is 0 Å². The molecule has 0 atom stereocenters. The van der Waals surface area contributed by atoms with Crippen LogP contribution in [0.25, 0.3) is 6.08 Å². The standard InChI is InChI=1S/C18H19NO2/c1-2-7-16-17(10-6-11-18(16)21-13-12-20)19-14-15-8-4-3-5-9-15/h2-12,19H,13-14H2,1H3/b7-2+. The fraction of sp³-hybridized carbons (Fsp3) is 0.167. The zero-order valence-electron chi connectivity index (χ0n) is 12.1. The van der Waals surface area contributed by atoms with E-state index in [9.17, 15) is 4.79 Å². The number of carbonyl (C=O) groups excluding carboxylic acids is 1. The molecular formula is C18H19NO2. The summed E-state index contributed by atoms with van der Waals surface area (Å²) in [5, 5.41) is 3.41. The molecule has 0 unspecified atom stereocenters. The fourth-order valence-corrected chi connectivity index (χ4v) is 2.08. The average Bonchev–Trinajstić information content (AvgIpc) is 2.53. The molecule has 2 aromatic carbocycles. The van der Waals surface area contributed by atoms with Crippen LogP contribution in [0.3, 0.4) is 0 Å². The fourth-order valence-electron chi connectivity index (χ4n) is 2.08. The molecule has 0 bridgehead atoms. The van der Waals surface area contributed by atoms with Crippen molar-refractivity contribution in [3.8, 4) is 5.75 Å². The molecule has 0 aliphatic heterocycles. The van der Waals surface area contributed by atoms with E-state index in [1.54, 1.807) is 0 Å². The van der Waals surface area contributed by atoms with Crippen molar-refractivity contribution < 1.29 is 9.53 Å². The highest BCUT2D eigenvalue weighted by molar-refractivity contribution is 5.72. The van der Waals surface area contributed by atoms with Crippen LogP contribution in [0.1, 0.15) is 18.1 Å². The molecule has 0 amide bonds. The molecule has 2 aromatic rings. The number of benzene rings is 2. The summed E-state index contributed by atoms with van der Waals surface area (Å²) >= 11 is 0. The van der Waals surface area contributed by atoms with Gasteiger partial charge in [-0.15, -0.1) is 0 Å². The molecule has 0 aliphatic carbocycles. The van der Waals surface area contributed by atoms with Crippen molar-refractivity contribution >= 4 is 18.0 Å². The van der Waals surface area contributed by atoms with E-state index < -0.39 is 0 Å². The van der Waals surface area contributed by atoms with Crippen LogP contribution in [-0.2, 0) is 11.3 Å². The Morgan fingerprint density at radius 2 is 1.90 bits per heavy atom. The highest BCUT2D eigenvalue weighted by Gasteiger charge is 2.06. The Balaban J connectivity index is 2.19. The first kappa shape index (κ1) is 14.9. The normalized spacial score (nSPS) is 10.5. The maximum absolute atomic E-state index is 10.5. The number of allylic oxidation sites excluding steroid dienone is 1. The number of nitrogens with one attached hydrogen (secondary N) is 1. The average molecular weight is 281 g/mol. The third-order valence-corrected chi connectivity index (χ3v) is 3.03. The van der Waals surface area contributed by atoms with E-state index in [0.29, 0.717) is 5.75 Å². The number of hydrogen-bond donors (Lipinski definition) is 1. The number of carbonyl (C=O) groups is 1. The zero-order chi connectivity index (χ0) is 14.9. The second-order valence-electron chi connectivity index (χ2n) is 4.53. The zero-order valence-corrected chi connectivity index (χ0v) is 12.1. The SMILES string of the molecule is C/C=C/c1c(NCc2ccccc2)cccc1OCC=O. The summed E-state index contributed by atoms with van der Waals surface area (Å²) in [4.78, 5) is 10.5. The van der Waals surface area contributed by atoms with Crippen molar-refractivity contribution in [1.29, 1.82) is 0 Å². The van der Waals surface area contributed by atoms with E-state index in [-0.39, 0.29) is 6.61 Å². The van der Waals surface area contributed by atoms with Crippen molar-refractivity contribution in [2.24, 2.45) is 0 Å². The molecule has 2 rings (SSSR count). The number of ether oxygens (including phenoxy) is 1. The molecule has 0 spiro atoms. The van der Waals surface area contributed by atoms with Crippen LogP contribution in [0.15, 0.2) is 54.6 Å². The molecule has 0 fully saturated rings. The van der Waals surface area contributed by atoms with Gasteiger partial charge in [0.15, 0.2) is 6.29 Å². The number of hydrogen-bond acceptors (Lipinski definition) is 3. The molecule has 3 nitrogen and oxygen atoms in total. The van der Waals surface area contributed by atoms with Gasteiger partial charge in [0.25, 0.3) is 0 Å². The summed E-state index contributed by atoms with van der Waals surface area (Å²) in [6.07, 6.45) is 4.69. The first-order chi connectivity index (χ1) is 10.3. The van der Waals surface area contributed by atoms with Gasteiger partial charge in [-0.3, -0.25) is 4.79 Å². The Bertz CT molecular complexity index is 606. The van der Waals surface area contributed by atoms with Gasteiger partial charge in [0, 0.05) is 17.8 Å². The highest BCUT2D eigenvalue weighted by Crippen LogP contribution is 2.28. The topological polar surface area (TPSA) is 38.3 Å². The van der Waals surface area contributed by atoms with E-state index >= 15 is 0 Å². The van der Waals surface area contributed by atoms with Crippen LogP contribution in [0.5, 0.6) is 5.75 Å². The minimum absolute atomic E-state index is 0.0622. The summed E-state index contributed by atoms with van der Waals surface area (Å²) in [6.45, 7) is 2.76. The minimum Gasteiger partial charge on any atom is -0.485 e. The third kappa shape index (κ3) is 4.21.